The third-order valence-corrected chi connectivity index (χ3v) is 5.75. The topological polar surface area (TPSA) is 101 Å². The number of nitrogens with zero attached hydrogens (tertiary/aromatic N) is 1. The Morgan fingerprint density at radius 3 is 2.57 bits per heavy atom. The van der Waals surface area contributed by atoms with Crippen LogP contribution >= 0.6 is 23.2 Å². The molecule has 1 atom stereocenters. The summed E-state index contributed by atoms with van der Waals surface area (Å²) in [7, 11) is 0. The predicted octanol–water partition coefficient (Wildman–Crippen LogP) is 5.06. The maximum absolute atomic E-state index is 12.9. The Morgan fingerprint density at radius 2 is 1.80 bits per heavy atom. The van der Waals surface area contributed by atoms with Gasteiger partial charge in [-0.15, -0.1) is 11.6 Å². The van der Waals surface area contributed by atoms with Crippen LogP contribution in [0.15, 0.2) is 79.0 Å². The second kappa shape index (κ2) is 11.1. The summed E-state index contributed by atoms with van der Waals surface area (Å²) in [5.41, 5.74) is 1.72. The van der Waals surface area contributed by atoms with Crippen LogP contribution in [0, 0.1) is 0 Å². The van der Waals surface area contributed by atoms with Gasteiger partial charge in [0.1, 0.15) is 22.9 Å². The molecule has 4 rings (SSSR count). The fourth-order valence-corrected chi connectivity index (χ4v) is 3.96. The lowest BCUT2D eigenvalue weighted by Crippen LogP contribution is -2.33. The lowest BCUT2D eigenvalue weighted by Gasteiger charge is -2.22. The summed E-state index contributed by atoms with van der Waals surface area (Å²) in [6.07, 6.45) is 1.55. The van der Waals surface area contributed by atoms with Crippen molar-refractivity contribution >= 4 is 51.6 Å². The normalized spacial score (nSPS) is 11.6. The van der Waals surface area contributed by atoms with E-state index in [0.717, 1.165) is 0 Å². The monoisotopic (exact) mass is 509 g/mol. The summed E-state index contributed by atoms with van der Waals surface area (Å²) in [6.45, 7) is -0.247. The fraction of sp³-hybridized carbons (Fsp3) is 0.115. The van der Waals surface area contributed by atoms with Crippen molar-refractivity contribution in [2.24, 2.45) is 0 Å². The number of para-hydroxylation sites is 1. The minimum atomic E-state index is -0.821. The van der Waals surface area contributed by atoms with Crippen LogP contribution in [-0.4, -0.2) is 34.4 Å². The molecule has 9 heteroatoms. The van der Waals surface area contributed by atoms with E-state index in [1.165, 1.54) is 0 Å². The Kier molecular flexibility index (Phi) is 7.70. The summed E-state index contributed by atoms with van der Waals surface area (Å²) in [4.78, 5) is 28.9. The zero-order valence-electron chi connectivity index (χ0n) is 18.4. The standard InChI is InChI=1S/C26H21Cl2N3O4/c27-14-22(32)30-17-7-4-6-16(12-17)24(31-23(33)15-35-18-8-2-1-3-9-18)20-13-21(28)19-10-5-11-29-25(19)26(20)34/h1-13,24,34H,14-15H2,(H,30,32)(H,31,33). The molecule has 1 unspecified atom stereocenters. The first-order valence-corrected chi connectivity index (χ1v) is 11.6. The molecular formula is C26H21Cl2N3O4. The molecule has 35 heavy (non-hydrogen) atoms. The average Bonchev–Trinajstić information content (AvgIpc) is 2.89. The number of benzene rings is 3. The number of amides is 2. The van der Waals surface area contributed by atoms with Crippen molar-refractivity contribution in [1.29, 1.82) is 0 Å². The highest BCUT2D eigenvalue weighted by atomic mass is 35.5. The van der Waals surface area contributed by atoms with Crippen molar-refractivity contribution in [3.8, 4) is 11.5 Å². The zero-order chi connectivity index (χ0) is 24.8. The number of nitrogens with one attached hydrogen (secondary N) is 2. The van der Waals surface area contributed by atoms with Crippen molar-refractivity contribution < 1.29 is 19.4 Å². The Bertz CT molecular complexity index is 1370. The van der Waals surface area contributed by atoms with Gasteiger partial charge in [-0.2, -0.15) is 0 Å². The van der Waals surface area contributed by atoms with E-state index >= 15 is 0 Å². The molecule has 178 valence electrons. The van der Waals surface area contributed by atoms with E-state index in [9.17, 15) is 14.7 Å². The number of hydrogen-bond acceptors (Lipinski definition) is 5. The van der Waals surface area contributed by atoms with Gasteiger partial charge in [-0.3, -0.25) is 14.6 Å². The molecule has 0 bridgehead atoms. The van der Waals surface area contributed by atoms with Crippen LogP contribution in [0.5, 0.6) is 11.5 Å². The van der Waals surface area contributed by atoms with Gasteiger partial charge in [0.25, 0.3) is 5.91 Å². The average molecular weight is 510 g/mol. The molecular weight excluding hydrogens is 489 g/mol. The van der Waals surface area contributed by atoms with Gasteiger partial charge in [-0.05, 0) is 48.0 Å². The van der Waals surface area contributed by atoms with Crippen LogP contribution in [0.25, 0.3) is 10.9 Å². The summed E-state index contributed by atoms with van der Waals surface area (Å²) in [5, 5.41) is 17.6. The summed E-state index contributed by atoms with van der Waals surface area (Å²) < 4.78 is 5.57. The number of carbonyl (C=O) groups excluding carboxylic acids is 2. The minimum absolute atomic E-state index is 0.116. The lowest BCUT2D eigenvalue weighted by molar-refractivity contribution is -0.123. The van der Waals surface area contributed by atoms with Gasteiger partial charge in [0.15, 0.2) is 6.61 Å². The number of phenolic OH excluding ortho intramolecular Hbond substituents is 1. The lowest BCUT2D eigenvalue weighted by atomic mass is 9.95. The first-order chi connectivity index (χ1) is 17.0. The fourth-order valence-electron chi connectivity index (χ4n) is 3.63. The smallest absolute Gasteiger partial charge is 0.258 e. The molecule has 1 heterocycles. The van der Waals surface area contributed by atoms with E-state index in [1.807, 2.05) is 6.07 Å². The highest BCUT2D eigenvalue weighted by Crippen LogP contribution is 2.38. The second-order valence-electron chi connectivity index (χ2n) is 7.61. The van der Waals surface area contributed by atoms with E-state index in [1.54, 1.807) is 72.9 Å². The van der Waals surface area contributed by atoms with Gasteiger partial charge in [-0.25, -0.2) is 0 Å². The predicted molar refractivity (Wildman–Crippen MR) is 136 cm³/mol. The van der Waals surface area contributed by atoms with Crippen LogP contribution < -0.4 is 15.4 Å². The van der Waals surface area contributed by atoms with Crippen molar-refractivity contribution in [2.75, 3.05) is 17.8 Å². The number of phenols is 1. The van der Waals surface area contributed by atoms with Crippen LogP contribution in [0.4, 0.5) is 5.69 Å². The molecule has 0 aliphatic rings. The Morgan fingerprint density at radius 1 is 1.00 bits per heavy atom. The van der Waals surface area contributed by atoms with Crippen molar-refractivity contribution in [3.63, 3.8) is 0 Å². The SMILES string of the molecule is O=C(CCl)Nc1cccc(C(NC(=O)COc2ccccc2)c2cc(Cl)c3cccnc3c2O)c1. The molecule has 4 aromatic rings. The van der Waals surface area contributed by atoms with Crippen LogP contribution in [0.1, 0.15) is 17.2 Å². The quantitative estimate of drug-likeness (QED) is 0.288. The van der Waals surface area contributed by atoms with Crippen LogP contribution in [-0.2, 0) is 9.59 Å². The van der Waals surface area contributed by atoms with Gasteiger partial charge in [-0.1, -0.05) is 41.9 Å². The maximum Gasteiger partial charge on any atom is 0.258 e. The molecule has 3 aromatic carbocycles. The van der Waals surface area contributed by atoms with E-state index in [2.05, 4.69) is 15.6 Å². The molecule has 0 saturated carbocycles. The molecule has 0 radical (unpaired) electrons. The highest BCUT2D eigenvalue weighted by Gasteiger charge is 2.24. The largest absolute Gasteiger partial charge is 0.505 e. The van der Waals surface area contributed by atoms with E-state index in [0.29, 0.717) is 38.5 Å². The van der Waals surface area contributed by atoms with Crippen molar-refractivity contribution in [1.82, 2.24) is 10.3 Å². The van der Waals surface area contributed by atoms with Gasteiger partial charge >= 0.3 is 0 Å². The van der Waals surface area contributed by atoms with Gasteiger partial charge in [0, 0.05) is 22.8 Å². The maximum atomic E-state index is 12.9. The van der Waals surface area contributed by atoms with Crippen LogP contribution in [0.3, 0.4) is 0 Å². The molecule has 1 aromatic heterocycles. The molecule has 7 nitrogen and oxygen atoms in total. The number of ether oxygens (including phenoxy) is 1. The molecule has 2 amide bonds. The number of halogens is 2. The van der Waals surface area contributed by atoms with Crippen molar-refractivity contribution in [2.45, 2.75) is 6.04 Å². The number of hydrogen-bond donors (Lipinski definition) is 3. The molecule has 3 N–H and O–H groups in total. The molecule has 0 saturated heterocycles. The second-order valence-corrected chi connectivity index (χ2v) is 8.28. The third-order valence-electron chi connectivity index (χ3n) is 5.20. The Hall–Kier alpha value is -3.81. The summed E-state index contributed by atoms with van der Waals surface area (Å²) in [6, 6.07) is 20.0. The van der Waals surface area contributed by atoms with Gasteiger partial charge in [0.2, 0.25) is 5.91 Å². The van der Waals surface area contributed by atoms with Gasteiger partial charge in [0.05, 0.1) is 11.1 Å². The Balaban J connectivity index is 1.71. The minimum Gasteiger partial charge on any atom is -0.505 e. The highest BCUT2D eigenvalue weighted by molar-refractivity contribution is 6.35. The summed E-state index contributed by atoms with van der Waals surface area (Å²) in [5.74, 6) is -0.569. The number of fused-ring (bicyclic) bond motifs is 1. The zero-order valence-corrected chi connectivity index (χ0v) is 19.9. The van der Waals surface area contributed by atoms with Crippen molar-refractivity contribution in [3.05, 3.63) is 95.1 Å². The number of aromatic nitrogens is 1. The van der Waals surface area contributed by atoms with E-state index < -0.39 is 11.9 Å². The van der Waals surface area contributed by atoms with Gasteiger partial charge < -0.3 is 20.5 Å². The number of rotatable bonds is 8. The third kappa shape index (κ3) is 5.82. The number of alkyl halides is 1. The number of carbonyl (C=O) groups is 2. The first-order valence-electron chi connectivity index (χ1n) is 10.7. The molecule has 0 aliphatic heterocycles. The number of anilines is 1. The number of pyridine rings is 1. The Labute approximate surface area is 211 Å². The molecule has 0 spiro atoms. The summed E-state index contributed by atoms with van der Waals surface area (Å²) >= 11 is 12.1. The first kappa shape index (κ1) is 24.3. The number of aromatic hydroxyl groups is 1. The van der Waals surface area contributed by atoms with Crippen LogP contribution in [0.2, 0.25) is 5.02 Å². The molecule has 0 aliphatic carbocycles. The van der Waals surface area contributed by atoms with E-state index in [4.69, 9.17) is 27.9 Å². The van der Waals surface area contributed by atoms with E-state index in [-0.39, 0.29) is 24.1 Å². The molecule has 0 fully saturated rings.